The number of carbonyl (C=O) groups excluding carboxylic acids is 4. The van der Waals surface area contributed by atoms with Crippen molar-refractivity contribution in [3.05, 3.63) is 24.3 Å². The van der Waals surface area contributed by atoms with Gasteiger partial charge in [-0.1, -0.05) is 278 Å². The molecule has 0 aliphatic rings. The molecule has 0 aromatic rings. The number of phosphoric acid groups is 2. The molecule has 0 radical (unpaired) electrons. The highest BCUT2D eigenvalue weighted by atomic mass is 31.2. The van der Waals surface area contributed by atoms with E-state index in [1.54, 1.807) is 0 Å². The summed E-state index contributed by atoms with van der Waals surface area (Å²) in [6.07, 6.45) is 48.2. The van der Waals surface area contributed by atoms with Crippen molar-refractivity contribution >= 4 is 39.5 Å². The molecule has 17 nitrogen and oxygen atoms in total. The van der Waals surface area contributed by atoms with E-state index >= 15 is 0 Å². The van der Waals surface area contributed by atoms with E-state index in [4.69, 9.17) is 37.0 Å². The smallest absolute Gasteiger partial charge is 0.462 e. The third kappa shape index (κ3) is 64.3. The third-order valence-electron chi connectivity index (χ3n) is 15.8. The Bertz CT molecular complexity index is 1860. The molecule has 0 aliphatic carbocycles. The van der Waals surface area contributed by atoms with E-state index < -0.39 is 97.5 Å². The summed E-state index contributed by atoms with van der Waals surface area (Å²) in [7, 11) is -9.91. The van der Waals surface area contributed by atoms with Gasteiger partial charge in [-0.2, -0.15) is 0 Å². The molecule has 0 amide bonds. The minimum atomic E-state index is -4.96. The van der Waals surface area contributed by atoms with Crippen molar-refractivity contribution in [1.82, 2.24) is 0 Å². The van der Waals surface area contributed by atoms with Gasteiger partial charge in [-0.3, -0.25) is 37.3 Å². The van der Waals surface area contributed by atoms with Gasteiger partial charge in [0.15, 0.2) is 12.2 Å². The minimum absolute atomic E-state index is 0.0835. The molecule has 0 heterocycles. The lowest BCUT2D eigenvalue weighted by Crippen LogP contribution is -2.30. The van der Waals surface area contributed by atoms with Crippen LogP contribution in [0.3, 0.4) is 0 Å². The van der Waals surface area contributed by atoms with Gasteiger partial charge in [0.1, 0.15) is 19.3 Å². The summed E-state index contributed by atoms with van der Waals surface area (Å²) >= 11 is 0. The van der Waals surface area contributed by atoms with E-state index in [9.17, 15) is 43.2 Å². The molecule has 0 saturated heterocycles. The lowest BCUT2D eigenvalue weighted by molar-refractivity contribution is -0.161. The Labute approximate surface area is 548 Å². The summed E-state index contributed by atoms with van der Waals surface area (Å²) in [6.45, 7) is 11.7. The summed E-state index contributed by atoms with van der Waals surface area (Å²) in [5.41, 5.74) is 0. The van der Waals surface area contributed by atoms with Crippen molar-refractivity contribution in [3.63, 3.8) is 0 Å². The van der Waals surface area contributed by atoms with E-state index in [-0.39, 0.29) is 25.7 Å². The molecule has 90 heavy (non-hydrogen) atoms. The van der Waals surface area contributed by atoms with Crippen molar-refractivity contribution in [2.45, 2.75) is 349 Å². The first-order valence-electron chi connectivity index (χ1n) is 36.2. The molecule has 19 heteroatoms. The second-order valence-electron chi connectivity index (χ2n) is 26.4. The van der Waals surface area contributed by atoms with Crippen LogP contribution in [0.4, 0.5) is 0 Å². The first kappa shape index (κ1) is 87.5. The number of allylic oxidation sites excluding steroid dienone is 4. The highest BCUT2D eigenvalue weighted by Gasteiger charge is 2.30. The van der Waals surface area contributed by atoms with Crippen molar-refractivity contribution in [2.75, 3.05) is 39.6 Å². The zero-order valence-electron chi connectivity index (χ0n) is 58.1. The molecule has 5 atom stereocenters. The molecule has 0 aromatic carbocycles. The molecule has 2 unspecified atom stereocenters. The summed E-state index contributed by atoms with van der Waals surface area (Å²) in [4.78, 5) is 72.5. The normalized spacial score (nSPS) is 14.4. The van der Waals surface area contributed by atoms with Gasteiger partial charge in [-0.25, -0.2) is 9.13 Å². The van der Waals surface area contributed by atoms with Crippen LogP contribution in [-0.4, -0.2) is 96.7 Å². The van der Waals surface area contributed by atoms with E-state index in [1.807, 2.05) is 0 Å². The predicted molar refractivity (Wildman–Crippen MR) is 363 cm³/mol. The minimum Gasteiger partial charge on any atom is -0.462 e. The van der Waals surface area contributed by atoms with Gasteiger partial charge in [0.05, 0.1) is 26.4 Å². The fraction of sp³-hybridized carbons (Fsp3) is 0.887. The van der Waals surface area contributed by atoms with Crippen LogP contribution in [-0.2, 0) is 65.4 Å². The van der Waals surface area contributed by atoms with Crippen molar-refractivity contribution in [2.24, 2.45) is 17.8 Å². The Morgan fingerprint density at radius 2 is 0.600 bits per heavy atom. The summed E-state index contributed by atoms with van der Waals surface area (Å²) in [5, 5.41) is 10.6. The number of hydrogen-bond donors (Lipinski definition) is 3. The molecule has 0 aromatic heterocycles. The summed E-state index contributed by atoms with van der Waals surface area (Å²) in [6, 6.07) is 0. The molecule has 0 fully saturated rings. The monoisotopic (exact) mass is 1320 g/mol. The highest BCUT2D eigenvalue weighted by Crippen LogP contribution is 2.45. The molecule has 0 rings (SSSR count). The van der Waals surface area contributed by atoms with Crippen LogP contribution in [0.5, 0.6) is 0 Å². The van der Waals surface area contributed by atoms with Gasteiger partial charge >= 0.3 is 39.5 Å². The predicted octanol–water partition coefficient (Wildman–Crippen LogP) is 19.8. The zero-order chi connectivity index (χ0) is 66.6. The first-order valence-corrected chi connectivity index (χ1v) is 39.2. The molecule has 3 N–H and O–H groups in total. The number of hydrogen-bond acceptors (Lipinski definition) is 15. The van der Waals surface area contributed by atoms with Gasteiger partial charge < -0.3 is 33.8 Å². The van der Waals surface area contributed by atoms with Crippen molar-refractivity contribution in [3.8, 4) is 0 Å². The van der Waals surface area contributed by atoms with Crippen LogP contribution in [0.15, 0.2) is 24.3 Å². The number of ether oxygens (including phenoxy) is 4. The average Bonchev–Trinajstić information content (AvgIpc) is 3.08. The molecule has 0 saturated carbocycles. The fourth-order valence-electron chi connectivity index (χ4n) is 10.2. The van der Waals surface area contributed by atoms with Gasteiger partial charge in [0.25, 0.3) is 0 Å². The lowest BCUT2D eigenvalue weighted by atomic mass is 10.0. The van der Waals surface area contributed by atoms with Gasteiger partial charge in [0, 0.05) is 25.7 Å². The van der Waals surface area contributed by atoms with Crippen LogP contribution in [0.25, 0.3) is 0 Å². The maximum absolute atomic E-state index is 13.0. The number of rotatable bonds is 67. The van der Waals surface area contributed by atoms with E-state index in [1.165, 1.54) is 122 Å². The number of aliphatic hydroxyl groups is 1. The van der Waals surface area contributed by atoms with Crippen molar-refractivity contribution in [1.29, 1.82) is 0 Å². The standard InChI is InChI=1S/C71H134O17P2/c1-8-9-10-11-12-13-14-15-16-17-22-25-31-40-47-54-70(75)87-67(59-82-69(74)53-46-39-34-33-37-44-51-64(6)7)61-86-90(79,80)84-57-65(72)56-83-89(77,78)85-60-66(88-71(76)55-48-41-32-27-26-29-36-43-50-63(4)5)58-81-68(73)52-45-38-30-24-21-19-18-20-23-28-35-42-49-62(2)3/h13-16,62-67,72H,8-12,17-61H2,1-7H3,(H,77,78)(H,79,80)/b14-13-,16-15-/t65-,66-,67-/m1/s1. The maximum Gasteiger partial charge on any atom is 0.472 e. The number of esters is 4. The Kier molecular flexibility index (Phi) is 59.7. The Hall–Kier alpha value is -2.46. The van der Waals surface area contributed by atoms with Gasteiger partial charge in [-0.05, 0) is 69.1 Å². The second kappa shape index (κ2) is 61.4. The zero-order valence-corrected chi connectivity index (χ0v) is 59.9. The molecular formula is C71H134O17P2. The molecular weight excluding hydrogens is 1190 g/mol. The maximum atomic E-state index is 13.0. The SMILES string of the molecule is CCCCCC/C=C\C=C/CCCCCCCC(=O)O[C@H](COC(=O)CCCCCCCCC(C)C)COP(=O)(O)OC[C@H](O)COP(=O)(O)OC[C@@H](COC(=O)CCCCCCCCCCCCCCC(C)C)OC(=O)CCCCCCCCCCC(C)C. The summed E-state index contributed by atoms with van der Waals surface area (Å²) in [5.74, 6) is 0.0136. The van der Waals surface area contributed by atoms with Crippen LogP contribution in [0.2, 0.25) is 0 Å². The van der Waals surface area contributed by atoms with Crippen LogP contribution >= 0.6 is 15.6 Å². The summed E-state index contributed by atoms with van der Waals surface area (Å²) < 4.78 is 68.2. The number of aliphatic hydroxyl groups excluding tert-OH is 1. The van der Waals surface area contributed by atoms with Crippen LogP contribution < -0.4 is 0 Å². The topological polar surface area (TPSA) is 237 Å². The van der Waals surface area contributed by atoms with E-state index in [0.29, 0.717) is 37.5 Å². The third-order valence-corrected chi connectivity index (χ3v) is 17.7. The van der Waals surface area contributed by atoms with Crippen molar-refractivity contribution < 1.29 is 80.2 Å². The molecule has 0 spiro atoms. The van der Waals surface area contributed by atoms with Crippen LogP contribution in [0.1, 0.15) is 331 Å². The van der Waals surface area contributed by atoms with Gasteiger partial charge in [-0.15, -0.1) is 0 Å². The Morgan fingerprint density at radius 1 is 0.344 bits per heavy atom. The van der Waals surface area contributed by atoms with Gasteiger partial charge in [0.2, 0.25) is 0 Å². The first-order chi connectivity index (χ1) is 43.2. The molecule has 530 valence electrons. The number of unbranched alkanes of at least 4 members (excludes halogenated alkanes) is 32. The number of carbonyl (C=O) groups is 4. The Morgan fingerprint density at radius 3 is 0.900 bits per heavy atom. The largest absolute Gasteiger partial charge is 0.472 e. The molecule has 0 aliphatic heterocycles. The second-order valence-corrected chi connectivity index (χ2v) is 29.3. The Balaban J connectivity index is 5.26. The van der Waals surface area contributed by atoms with E-state index in [0.717, 1.165) is 115 Å². The van der Waals surface area contributed by atoms with Crippen LogP contribution in [0, 0.1) is 17.8 Å². The highest BCUT2D eigenvalue weighted by molar-refractivity contribution is 7.47. The quantitative estimate of drug-likeness (QED) is 0.0169. The average molecular weight is 1320 g/mol. The molecule has 0 bridgehead atoms. The lowest BCUT2D eigenvalue weighted by Gasteiger charge is -2.21. The fourth-order valence-corrected chi connectivity index (χ4v) is 11.8. The van der Waals surface area contributed by atoms with E-state index in [2.05, 4.69) is 72.8 Å². The number of phosphoric ester groups is 2.